The number of nitrogens with zero attached hydrogens (tertiary/aromatic N) is 1. The molecule has 96 valence electrons. The largest absolute Gasteiger partial charge is 0.478 e. The van der Waals surface area contributed by atoms with Gasteiger partial charge in [-0.3, -0.25) is 10.1 Å². The topological polar surface area (TPSA) is 113 Å². The molecule has 0 radical (unpaired) electrons. The van der Waals surface area contributed by atoms with Crippen molar-refractivity contribution >= 4 is 17.3 Å². The second-order valence-electron chi connectivity index (χ2n) is 4.26. The van der Waals surface area contributed by atoms with Gasteiger partial charge in [0, 0.05) is 23.9 Å². The standard InChI is InChI=1S/C11H12N2O5/c14-8-3-6(4-8)12-10-2-1-7(13(17)18)5-9(10)11(15)16/h1-2,5-6,8,12,14H,3-4H2,(H,15,16). The molecule has 1 saturated carbocycles. The number of nitro groups is 1. The van der Waals surface area contributed by atoms with Gasteiger partial charge in [0.15, 0.2) is 0 Å². The van der Waals surface area contributed by atoms with E-state index in [2.05, 4.69) is 5.32 Å². The van der Waals surface area contributed by atoms with Gasteiger partial charge in [-0.15, -0.1) is 0 Å². The molecule has 0 amide bonds. The summed E-state index contributed by atoms with van der Waals surface area (Å²) in [5.74, 6) is -1.22. The Morgan fingerprint density at radius 2 is 2.11 bits per heavy atom. The normalized spacial score (nSPS) is 22.1. The number of hydrogen-bond donors (Lipinski definition) is 3. The lowest BCUT2D eigenvalue weighted by Crippen LogP contribution is -2.39. The lowest BCUT2D eigenvalue weighted by Gasteiger charge is -2.33. The molecule has 7 nitrogen and oxygen atoms in total. The van der Waals surface area contributed by atoms with Crippen molar-refractivity contribution in [2.24, 2.45) is 0 Å². The first-order valence-electron chi connectivity index (χ1n) is 5.43. The molecule has 0 aromatic heterocycles. The molecular weight excluding hydrogens is 240 g/mol. The Labute approximate surface area is 102 Å². The predicted molar refractivity (Wildman–Crippen MR) is 62.7 cm³/mol. The van der Waals surface area contributed by atoms with Gasteiger partial charge < -0.3 is 15.5 Å². The fourth-order valence-electron chi connectivity index (χ4n) is 1.87. The molecule has 0 saturated heterocycles. The maximum Gasteiger partial charge on any atom is 0.338 e. The molecule has 7 heteroatoms. The molecule has 1 aliphatic rings. The van der Waals surface area contributed by atoms with Crippen LogP contribution in [0.4, 0.5) is 11.4 Å². The van der Waals surface area contributed by atoms with Crippen LogP contribution in [-0.2, 0) is 0 Å². The average Bonchev–Trinajstić information content (AvgIpc) is 2.26. The molecule has 2 rings (SSSR count). The molecule has 1 aliphatic carbocycles. The van der Waals surface area contributed by atoms with Gasteiger partial charge in [-0.2, -0.15) is 0 Å². The van der Waals surface area contributed by atoms with Crippen molar-refractivity contribution in [3.8, 4) is 0 Å². The molecular formula is C11H12N2O5. The summed E-state index contributed by atoms with van der Waals surface area (Å²) in [5, 5.41) is 31.7. The van der Waals surface area contributed by atoms with Gasteiger partial charge in [-0.25, -0.2) is 4.79 Å². The van der Waals surface area contributed by atoms with Gasteiger partial charge in [0.1, 0.15) is 0 Å². The minimum atomic E-state index is -1.22. The van der Waals surface area contributed by atoms with Crippen molar-refractivity contribution in [3.05, 3.63) is 33.9 Å². The molecule has 1 aromatic carbocycles. The van der Waals surface area contributed by atoms with Crippen LogP contribution in [0.15, 0.2) is 18.2 Å². The SMILES string of the molecule is O=C(O)c1cc([N+](=O)[O-])ccc1NC1CC(O)C1. The maximum absolute atomic E-state index is 11.0. The van der Waals surface area contributed by atoms with Crippen molar-refractivity contribution in [1.82, 2.24) is 0 Å². The number of nitrogens with one attached hydrogen (secondary N) is 1. The molecule has 0 unspecified atom stereocenters. The molecule has 3 N–H and O–H groups in total. The highest BCUT2D eigenvalue weighted by Gasteiger charge is 2.28. The number of anilines is 1. The summed E-state index contributed by atoms with van der Waals surface area (Å²) in [4.78, 5) is 21.0. The van der Waals surface area contributed by atoms with E-state index in [1.165, 1.54) is 12.1 Å². The van der Waals surface area contributed by atoms with E-state index in [9.17, 15) is 14.9 Å². The van der Waals surface area contributed by atoms with Gasteiger partial charge >= 0.3 is 5.97 Å². The number of non-ortho nitro benzene ring substituents is 1. The minimum Gasteiger partial charge on any atom is -0.478 e. The smallest absolute Gasteiger partial charge is 0.338 e. The third kappa shape index (κ3) is 2.40. The summed E-state index contributed by atoms with van der Waals surface area (Å²) in [6, 6.07) is 3.68. The first-order chi connectivity index (χ1) is 8.47. The van der Waals surface area contributed by atoms with E-state index >= 15 is 0 Å². The van der Waals surface area contributed by atoms with Crippen LogP contribution in [0.25, 0.3) is 0 Å². The number of rotatable bonds is 4. The minimum absolute atomic E-state index is 0.0135. The second-order valence-corrected chi connectivity index (χ2v) is 4.26. The summed E-state index contributed by atoms with van der Waals surface area (Å²) in [5.41, 5.74) is -0.0535. The summed E-state index contributed by atoms with van der Waals surface area (Å²) >= 11 is 0. The molecule has 0 atom stereocenters. The van der Waals surface area contributed by atoms with Crippen LogP contribution in [0.5, 0.6) is 0 Å². The zero-order valence-electron chi connectivity index (χ0n) is 9.37. The number of hydrogen-bond acceptors (Lipinski definition) is 5. The number of carboxylic acid groups (broad SMARTS) is 1. The molecule has 0 heterocycles. The van der Waals surface area contributed by atoms with Crippen molar-refractivity contribution in [1.29, 1.82) is 0 Å². The molecule has 0 aliphatic heterocycles. The van der Waals surface area contributed by atoms with E-state index in [4.69, 9.17) is 10.2 Å². The van der Waals surface area contributed by atoms with Crippen LogP contribution in [0.2, 0.25) is 0 Å². The Hall–Kier alpha value is -2.15. The van der Waals surface area contributed by atoms with Gasteiger partial charge in [-0.05, 0) is 18.9 Å². The van der Waals surface area contributed by atoms with Gasteiger partial charge in [-0.1, -0.05) is 0 Å². The van der Waals surface area contributed by atoms with Gasteiger partial charge in [0.2, 0.25) is 0 Å². The molecule has 1 fully saturated rings. The number of carboxylic acids is 1. The van der Waals surface area contributed by atoms with E-state index in [-0.39, 0.29) is 23.4 Å². The lowest BCUT2D eigenvalue weighted by atomic mass is 9.89. The Morgan fingerprint density at radius 1 is 1.44 bits per heavy atom. The Bertz CT molecular complexity index is 496. The van der Waals surface area contributed by atoms with Gasteiger partial charge in [0.25, 0.3) is 5.69 Å². The number of aliphatic hydroxyl groups excluding tert-OH is 1. The zero-order valence-corrected chi connectivity index (χ0v) is 9.37. The van der Waals surface area contributed by atoms with E-state index in [0.29, 0.717) is 18.5 Å². The van der Waals surface area contributed by atoms with E-state index in [1.807, 2.05) is 0 Å². The van der Waals surface area contributed by atoms with Crippen LogP contribution in [0.1, 0.15) is 23.2 Å². The number of aliphatic hydroxyl groups is 1. The van der Waals surface area contributed by atoms with Crippen molar-refractivity contribution < 1.29 is 19.9 Å². The second kappa shape index (κ2) is 4.61. The third-order valence-electron chi connectivity index (χ3n) is 2.92. The average molecular weight is 252 g/mol. The van der Waals surface area contributed by atoms with Crippen LogP contribution in [-0.4, -0.2) is 33.3 Å². The first kappa shape index (κ1) is 12.3. The molecule has 0 bridgehead atoms. The highest BCUT2D eigenvalue weighted by Crippen LogP contribution is 2.28. The van der Waals surface area contributed by atoms with Gasteiger partial charge in [0.05, 0.1) is 16.6 Å². The predicted octanol–water partition coefficient (Wildman–Crippen LogP) is 1.23. The quantitative estimate of drug-likeness (QED) is 0.548. The van der Waals surface area contributed by atoms with Crippen LogP contribution >= 0.6 is 0 Å². The summed E-state index contributed by atoms with van der Waals surface area (Å²) in [6.07, 6.45) is 0.750. The summed E-state index contributed by atoms with van der Waals surface area (Å²) < 4.78 is 0. The third-order valence-corrected chi connectivity index (χ3v) is 2.92. The van der Waals surface area contributed by atoms with E-state index in [1.54, 1.807) is 0 Å². The van der Waals surface area contributed by atoms with Crippen molar-refractivity contribution in [3.63, 3.8) is 0 Å². The fourth-order valence-corrected chi connectivity index (χ4v) is 1.87. The van der Waals surface area contributed by atoms with Crippen molar-refractivity contribution in [2.75, 3.05) is 5.32 Å². The fraction of sp³-hybridized carbons (Fsp3) is 0.364. The highest BCUT2D eigenvalue weighted by molar-refractivity contribution is 5.95. The first-order valence-corrected chi connectivity index (χ1v) is 5.43. The highest BCUT2D eigenvalue weighted by atomic mass is 16.6. The summed E-state index contributed by atoms with van der Waals surface area (Å²) in [6.45, 7) is 0. The van der Waals surface area contributed by atoms with Crippen LogP contribution < -0.4 is 5.32 Å². The zero-order chi connectivity index (χ0) is 13.3. The van der Waals surface area contributed by atoms with Crippen molar-refractivity contribution in [2.45, 2.75) is 25.0 Å². The lowest BCUT2D eigenvalue weighted by molar-refractivity contribution is -0.384. The number of benzene rings is 1. The Morgan fingerprint density at radius 3 is 2.61 bits per heavy atom. The van der Waals surface area contributed by atoms with E-state index in [0.717, 1.165) is 6.07 Å². The van der Waals surface area contributed by atoms with E-state index < -0.39 is 10.9 Å². The number of nitro benzene ring substituents is 1. The Kier molecular flexibility index (Phi) is 3.15. The number of carbonyl (C=O) groups is 1. The number of aromatic carboxylic acids is 1. The summed E-state index contributed by atoms with van der Waals surface area (Å²) in [7, 11) is 0. The molecule has 1 aromatic rings. The van der Waals surface area contributed by atoms with Crippen LogP contribution in [0, 0.1) is 10.1 Å². The maximum atomic E-state index is 11.0. The molecule has 18 heavy (non-hydrogen) atoms. The Balaban J connectivity index is 2.23. The molecule has 0 spiro atoms. The van der Waals surface area contributed by atoms with Crippen LogP contribution in [0.3, 0.4) is 0 Å². The monoisotopic (exact) mass is 252 g/mol.